The van der Waals surface area contributed by atoms with E-state index in [2.05, 4.69) is 4.72 Å². The molecule has 6 heteroatoms. The Bertz CT molecular complexity index is 502. The van der Waals surface area contributed by atoms with E-state index in [1.54, 1.807) is 32.2 Å². The molecule has 0 radical (unpaired) electrons. The minimum atomic E-state index is -3.36. The van der Waals surface area contributed by atoms with Gasteiger partial charge in [0, 0.05) is 5.88 Å². The van der Waals surface area contributed by atoms with Crippen LogP contribution in [0.2, 0.25) is 0 Å². The third-order valence-corrected chi connectivity index (χ3v) is 4.53. The fourth-order valence-electron chi connectivity index (χ4n) is 1.51. The van der Waals surface area contributed by atoms with Gasteiger partial charge in [0.05, 0.1) is 18.6 Å². The number of aryl methyl sites for hydroxylation is 1. The van der Waals surface area contributed by atoms with E-state index in [1.807, 2.05) is 6.92 Å². The molecule has 0 amide bonds. The first-order chi connectivity index (χ1) is 8.38. The Balaban J connectivity index is 2.84. The normalized spacial score (nSPS) is 13.1. The lowest BCUT2D eigenvalue weighted by molar-refractivity contribution is 0.414. The molecular formula is C12H18ClNO3S. The first kappa shape index (κ1) is 15.1. The number of alkyl halides is 1. The summed E-state index contributed by atoms with van der Waals surface area (Å²) in [5.74, 6) is 0.956. The van der Waals surface area contributed by atoms with E-state index in [0.717, 1.165) is 5.56 Å². The van der Waals surface area contributed by atoms with Gasteiger partial charge in [-0.1, -0.05) is 6.92 Å². The molecule has 0 aromatic heterocycles. The molecule has 0 aliphatic rings. The minimum absolute atomic E-state index is 0.0158. The molecule has 0 aliphatic heterocycles. The van der Waals surface area contributed by atoms with Crippen LogP contribution in [-0.4, -0.2) is 27.2 Å². The Morgan fingerprint density at radius 1 is 1.44 bits per heavy atom. The predicted octanol–water partition coefficient (Wildman–Crippen LogP) is 2.62. The Morgan fingerprint density at radius 3 is 2.61 bits per heavy atom. The molecule has 1 rings (SSSR count). The van der Waals surface area contributed by atoms with Gasteiger partial charge in [-0.3, -0.25) is 4.72 Å². The summed E-state index contributed by atoms with van der Waals surface area (Å²) in [5, 5.41) is 0. The van der Waals surface area contributed by atoms with Crippen LogP contribution in [0, 0.1) is 12.8 Å². The Hall–Kier alpha value is -0.940. The summed E-state index contributed by atoms with van der Waals surface area (Å²) in [6.07, 6.45) is 0. The summed E-state index contributed by atoms with van der Waals surface area (Å²) in [5.41, 5.74) is 1.38. The van der Waals surface area contributed by atoms with Crippen LogP contribution in [0.4, 0.5) is 5.69 Å². The molecule has 0 bridgehead atoms. The lowest BCUT2D eigenvalue weighted by Crippen LogP contribution is -2.22. The molecule has 0 saturated carbocycles. The second-order valence-corrected chi connectivity index (χ2v) is 6.40. The molecule has 0 heterocycles. The highest BCUT2D eigenvalue weighted by molar-refractivity contribution is 7.92. The maximum atomic E-state index is 11.9. The van der Waals surface area contributed by atoms with Crippen LogP contribution >= 0.6 is 11.6 Å². The number of sulfonamides is 1. The fourth-order valence-corrected chi connectivity index (χ4v) is 3.26. The summed E-state index contributed by atoms with van der Waals surface area (Å²) in [6.45, 7) is 3.62. The van der Waals surface area contributed by atoms with Gasteiger partial charge in [-0.25, -0.2) is 8.42 Å². The van der Waals surface area contributed by atoms with Crippen molar-refractivity contribution in [2.45, 2.75) is 13.8 Å². The van der Waals surface area contributed by atoms with Crippen LogP contribution in [-0.2, 0) is 10.0 Å². The molecule has 1 N–H and O–H groups in total. The summed E-state index contributed by atoms with van der Waals surface area (Å²) < 4.78 is 31.4. The van der Waals surface area contributed by atoms with Crippen LogP contribution in [0.1, 0.15) is 12.5 Å². The van der Waals surface area contributed by atoms with Gasteiger partial charge >= 0.3 is 0 Å². The number of benzene rings is 1. The van der Waals surface area contributed by atoms with Gasteiger partial charge in [0.25, 0.3) is 0 Å². The molecule has 18 heavy (non-hydrogen) atoms. The van der Waals surface area contributed by atoms with Gasteiger partial charge in [0.1, 0.15) is 5.75 Å². The molecule has 102 valence electrons. The first-order valence-electron chi connectivity index (χ1n) is 5.59. The first-order valence-corrected chi connectivity index (χ1v) is 7.77. The van der Waals surface area contributed by atoms with E-state index in [0.29, 0.717) is 17.3 Å². The second-order valence-electron chi connectivity index (χ2n) is 4.32. The Labute approximate surface area is 113 Å². The smallest absolute Gasteiger partial charge is 0.233 e. The molecular weight excluding hydrogens is 274 g/mol. The highest BCUT2D eigenvalue weighted by atomic mass is 35.5. The maximum absolute atomic E-state index is 11.9. The zero-order valence-corrected chi connectivity index (χ0v) is 12.3. The molecule has 1 unspecified atom stereocenters. The van der Waals surface area contributed by atoms with E-state index >= 15 is 0 Å². The number of ether oxygens (including phenoxy) is 1. The largest absolute Gasteiger partial charge is 0.497 e. The van der Waals surface area contributed by atoms with E-state index in [9.17, 15) is 8.42 Å². The third kappa shape index (κ3) is 4.38. The summed E-state index contributed by atoms with van der Waals surface area (Å²) in [7, 11) is -1.79. The summed E-state index contributed by atoms with van der Waals surface area (Å²) >= 11 is 5.62. The Morgan fingerprint density at radius 2 is 2.11 bits per heavy atom. The van der Waals surface area contributed by atoms with Crippen molar-refractivity contribution in [3.05, 3.63) is 23.8 Å². The van der Waals surface area contributed by atoms with Crippen molar-refractivity contribution in [1.82, 2.24) is 0 Å². The highest BCUT2D eigenvalue weighted by Gasteiger charge is 2.16. The van der Waals surface area contributed by atoms with Gasteiger partial charge in [-0.15, -0.1) is 11.6 Å². The van der Waals surface area contributed by atoms with Gasteiger partial charge in [0.2, 0.25) is 10.0 Å². The maximum Gasteiger partial charge on any atom is 0.233 e. The predicted molar refractivity (Wildman–Crippen MR) is 75.0 cm³/mol. The van der Waals surface area contributed by atoms with Crippen LogP contribution < -0.4 is 9.46 Å². The Kier molecular flexibility index (Phi) is 5.28. The minimum Gasteiger partial charge on any atom is -0.497 e. The number of nitrogens with one attached hydrogen (secondary N) is 1. The van der Waals surface area contributed by atoms with Gasteiger partial charge in [0.15, 0.2) is 0 Å². The van der Waals surface area contributed by atoms with Crippen LogP contribution in [0.15, 0.2) is 18.2 Å². The number of hydrogen-bond acceptors (Lipinski definition) is 3. The second kappa shape index (κ2) is 6.29. The standard InChI is InChI=1S/C12H18ClNO3S/c1-9(7-13)8-18(15,16)14-12-5-4-11(17-3)6-10(12)2/h4-6,9,14H,7-8H2,1-3H3. The van der Waals surface area contributed by atoms with Crippen molar-refractivity contribution in [3.63, 3.8) is 0 Å². The average Bonchev–Trinajstić information content (AvgIpc) is 2.30. The number of rotatable bonds is 6. The molecule has 1 aromatic rings. The number of methoxy groups -OCH3 is 1. The van der Waals surface area contributed by atoms with E-state index in [1.165, 1.54) is 0 Å². The molecule has 1 atom stereocenters. The zero-order chi connectivity index (χ0) is 13.8. The number of hydrogen-bond donors (Lipinski definition) is 1. The van der Waals surface area contributed by atoms with Gasteiger partial charge in [-0.2, -0.15) is 0 Å². The highest BCUT2D eigenvalue weighted by Crippen LogP contribution is 2.22. The summed E-state index contributed by atoms with van der Waals surface area (Å²) in [4.78, 5) is 0. The number of anilines is 1. The van der Waals surface area contributed by atoms with E-state index < -0.39 is 10.0 Å². The van der Waals surface area contributed by atoms with E-state index in [-0.39, 0.29) is 11.7 Å². The lowest BCUT2D eigenvalue weighted by atomic mass is 10.2. The van der Waals surface area contributed by atoms with Crippen LogP contribution in [0.5, 0.6) is 5.75 Å². The van der Waals surface area contributed by atoms with Crippen molar-refractivity contribution in [2.24, 2.45) is 5.92 Å². The fraction of sp³-hybridized carbons (Fsp3) is 0.500. The molecule has 0 fully saturated rings. The molecule has 1 aromatic carbocycles. The molecule has 0 aliphatic carbocycles. The van der Waals surface area contributed by atoms with Crippen molar-refractivity contribution < 1.29 is 13.2 Å². The van der Waals surface area contributed by atoms with Crippen molar-refractivity contribution in [1.29, 1.82) is 0 Å². The average molecular weight is 292 g/mol. The SMILES string of the molecule is COc1ccc(NS(=O)(=O)CC(C)CCl)c(C)c1. The molecule has 0 saturated heterocycles. The van der Waals surface area contributed by atoms with E-state index in [4.69, 9.17) is 16.3 Å². The lowest BCUT2D eigenvalue weighted by Gasteiger charge is -2.13. The molecule has 4 nitrogen and oxygen atoms in total. The van der Waals surface area contributed by atoms with Crippen LogP contribution in [0.25, 0.3) is 0 Å². The zero-order valence-electron chi connectivity index (χ0n) is 10.7. The van der Waals surface area contributed by atoms with Crippen molar-refractivity contribution in [3.8, 4) is 5.75 Å². The third-order valence-electron chi connectivity index (χ3n) is 2.47. The number of halogens is 1. The van der Waals surface area contributed by atoms with Crippen LogP contribution in [0.3, 0.4) is 0 Å². The summed E-state index contributed by atoms with van der Waals surface area (Å²) in [6, 6.07) is 5.19. The van der Waals surface area contributed by atoms with Crippen molar-refractivity contribution in [2.75, 3.05) is 23.5 Å². The van der Waals surface area contributed by atoms with Gasteiger partial charge < -0.3 is 4.74 Å². The van der Waals surface area contributed by atoms with Gasteiger partial charge in [-0.05, 0) is 36.6 Å². The monoisotopic (exact) mass is 291 g/mol. The quantitative estimate of drug-likeness (QED) is 0.820. The van der Waals surface area contributed by atoms with Crippen molar-refractivity contribution >= 4 is 27.3 Å². The topological polar surface area (TPSA) is 55.4 Å². The molecule has 0 spiro atoms.